The molecule has 8 rings (SSSR count). The molecular weight excluding hydrogens is 975 g/mol. The van der Waals surface area contributed by atoms with E-state index < -0.39 is 11.8 Å². The topological polar surface area (TPSA) is 191 Å². The molecule has 0 radical (unpaired) electrons. The van der Waals surface area contributed by atoms with Crippen molar-refractivity contribution in [3.63, 3.8) is 0 Å². The van der Waals surface area contributed by atoms with E-state index in [4.69, 9.17) is 37.9 Å². The number of hydrazone groups is 2. The van der Waals surface area contributed by atoms with Gasteiger partial charge in [0.15, 0.2) is 34.6 Å². The Morgan fingerprint density at radius 1 is 0.569 bits per heavy atom. The van der Waals surface area contributed by atoms with E-state index in [1.807, 2.05) is 22.9 Å². The minimum Gasteiger partial charge on any atom is -0.493 e. The maximum Gasteiger partial charge on any atom is 0.240 e. The van der Waals surface area contributed by atoms with Crippen molar-refractivity contribution in [1.82, 2.24) is 10.9 Å². The van der Waals surface area contributed by atoms with Gasteiger partial charge in [-0.3, -0.25) is 19.2 Å². The van der Waals surface area contributed by atoms with Crippen LogP contribution in [0.4, 0.5) is 8.78 Å². The smallest absolute Gasteiger partial charge is 0.240 e. The number of thiophene rings is 2. The number of amides is 2. The molecule has 16 nitrogen and oxygen atoms in total. The van der Waals surface area contributed by atoms with Gasteiger partial charge in [-0.2, -0.15) is 10.2 Å². The number of carbonyl (C=O) groups excluding carboxylic acids is 4. The molecule has 380 valence electrons. The predicted octanol–water partition coefficient (Wildman–Crippen LogP) is 8.69. The number of nitrogens with one attached hydrogen (secondary N) is 2. The van der Waals surface area contributed by atoms with Crippen molar-refractivity contribution in [3.05, 3.63) is 117 Å². The molecule has 4 aromatic carbocycles. The largest absolute Gasteiger partial charge is 0.493 e. The summed E-state index contributed by atoms with van der Waals surface area (Å²) in [5.74, 6) is 0.165. The first-order chi connectivity index (χ1) is 35.0. The number of hydrogen-bond acceptors (Lipinski definition) is 16. The number of methoxy groups -OCH3 is 4. The van der Waals surface area contributed by atoms with Crippen molar-refractivity contribution < 1.29 is 65.9 Å². The monoisotopic (exact) mass is 1030 g/mol. The van der Waals surface area contributed by atoms with Gasteiger partial charge in [0.05, 0.1) is 74.7 Å². The number of fused-ring (bicyclic) bond motifs is 2. The number of ketones is 2. The van der Waals surface area contributed by atoms with Gasteiger partial charge in [0.2, 0.25) is 11.8 Å². The first-order valence-corrected chi connectivity index (χ1v) is 24.7. The van der Waals surface area contributed by atoms with Gasteiger partial charge in [-0.1, -0.05) is 24.3 Å². The van der Waals surface area contributed by atoms with Crippen LogP contribution in [0.2, 0.25) is 0 Å². The molecule has 4 heterocycles. The Bertz CT molecular complexity index is 2740. The molecule has 20 heteroatoms. The van der Waals surface area contributed by atoms with Crippen molar-refractivity contribution in [2.24, 2.45) is 10.2 Å². The number of Topliss-reactive ketones (excluding diaryl/α,β-unsaturated/α-hetero) is 2. The van der Waals surface area contributed by atoms with Crippen molar-refractivity contribution in [2.75, 3.05) is 68.1 Å². The third-order valence-electron chi connectivity index (χ3n) is 11.4. The summed E-state index contributed by atoms with van der Waals surface area (Å²) in [6.07, 6.45) is 0.729. The highest BCUT2D eigenvalue weighted by molar-refractivity contribution is 7.18. The van der Waals surface area contributed by atoms with Crippen LogP contribution in [0.1, 0.15) is 70.4 Å². The van der Waals surface area contributed by atoms with Crippen LogP contribution in [0, 0.1) is 11.6 Å². The molecule has 0 atom stereocenters. The Hall–Kier alpha value is -6.68. The van der Waals surface area contributed by atoms with Gasteiger partial charge < -0.3 is 37.9 Å². The standard InChI is InChI=1S/2C26H27FN2O6S/c2*1-32-11-10-21(19-15-36-26-18(19)4-3-5-20(26)27)28-29-25(31)9-7-22(30)16-6-8-23(24(12-16)33-2)35-17-13-34-14-17/h2*3-6,8,12,15,17H,7,9-11,13-14H2,1-2H3,(H,29,31)/b28-21+;28-21-. The Balaban J connectivity index is 0.000000211. The van der Waals surface area contributed by atoms with Gasteiger partial charge in [-0.15, -0.1) is 22.7 Å². The number of nitrogens with zero attached hydrogens (tertiary/aromatic N) is 2. The molecule has 2 aliphatic rings. The second-order valence-electron chi connectivity index (χ2n) is 16.3. The lowest BCUT2D eigenvalue weighted by molar-refractivity contribution is -0.121. The molecule has 2 aromatic heterocycles. The zero-order chi connectivity index (χ0) is 51.0. The molecule has 6 aromatic rings. The average Bonchev–Trinajstić information content (AvgIpc) is 4.01. The number of hydrogen-bond donors (Lipinski definition) is 2. The quantitative estimate of drug-likeness (QED) is 0.0334. The summed E-state index contributed by atoms with van der Waals surface area (Å²) in [6.45, 7) is 2.86. The molecule has 0 aliphatic carbocycles. The number of ether oxygens (including phenoxy) is 8. The van der Waals surface area contributed by atoms with Crippen molar-refractivity contribution >= 4 is 77.7 Å². The third kappa shape index (κ3) is 13.8. The molecule has 2 N–H and O–H groups in total. The molecule has 72 heavy (non-hydrogen) atoms. The number of halogens is 2. The van der Waals surface area contributed by atoms with E-state index in [0.717, 1.165) is 21.9 Å². The minimum atomic E-state index is -0.402. The highest BCUT2D eigenvalue weighted by Gasteiger charge is 2.24. The fourth-order valence-corrected chi connectivity index (χ4v) is 9.27. The van der Waals surface area contributed by atoms with Gasteiger partial charge in [0.25, 0.3) is 0 Å². The van der Waals surface area contributed by atoms with Crippen LogP contribution >= 0.6 is 22.7 Å². The molecule has 2 saturated heterocycles. The van der Waals surface area contributed by atoms with Gasteiger partial charge in [0.1, 0.15) is 23.8 Å². The van der Waals surface area contributed by atoms with Crippen LogP contribution in [-0.4, -0.2) is 115 Å². The van der Waals surface area contributed by atoms with E-state index in [0.29, 0.717) is 107 Å². The molecule has 0 spiro atoms. The lowest BCUT2D eigenvalue weighted by Gasteiger charge is -2.27. The van der Waals surface area contributed by atoms with Gasteiger partial charge >= 0.3 is 0 Å². The lowest BCUT2D eigenvalue weighted by Crippen LogP contribution is -2.38. The van der Waals surface area contributed by atoms with Crippen molar-refractivity contribution in [1.29, 1.82) is 0 Å². The second-order valence-corrected chi connectivity index (χ2v) is 18.1. The lowest BCUT2D eigenvalue weighted by atomic mass is 10.1. The third-order valence-corrected chi connectivity index (χ3v) is 13.4. The maximum atomic E-state index is 14.1. The highest BCUT2D eigenvalue weighted by atomic mass is 32.1. The van der Waals surface area contributed by atoms with Crippen LogP contribution in [0.25, 0.3) is 20.2 Å². The summed E-state index contributed by atoms with van der Waals surface area (Å²) in [6, 6.07) is 19.6. The van der Waals surface area contributed by atoms with Gasteiger partial charge in [-0.05, 0) is 48.5 Å². The predicted molar refractivity (Wildman–Crippen MR) is 269 cm³/mol. The Morgan fingerprint density at radius 2 is 0.986 bits per heavy atom. The molecule has 2 amide bonds. The van der Waals surface area contributed by atoms with E-state index in [9.17, 15) is 28.0 Å². The summed E-state index contributed by atoms with van der Waals surface area (Å²) >= 11 is 2.56. The summed E-state index contributed by atoms with van der Waals surface area (Å²) in [5, 5.41) is 13.6. The fraction of sp³-hybridized carbons (Fsp3) is 0.346. The van der Waals surface area contributed by atoms with E-state index in [1.54, 1.807) is 62.8 Å². The second kappa shape index (κ2) is 26.1. The Morgan fingerprint density at radius 3 is 1.35 bits per heavy atom. The molecule has 0 bridgehead atoms. The minimum absolute atomic E-state index is 0.00116. The summed E-state index contributed by atoms with van der Waals surface area (Å²) in [7, 11) is 6.15. The Labute approximate surface area is 422 Å². The fourth-order valence-electron chi connectivity index (χ4n) is 7.30. The number of carbonyl (C=O) groups is 4. The highest BCUT2D eigenvalue weighted by Crippen LogP contribution is 2.33. The molecule has 0 saturated carbocycles. The molecule has 2 fully saturated rings. The van der Waals surface area contributed by atoms with Gasteiger partial charge in [0, 0.05) is 96.5 Å². The normalized spacial score (nSPS) is 13.9. The zero-order valence-electron chi connectivity index (χ0n) is 40.1. The maximum absolute atomic E-state index is 14.1. The SMILES string of the molecule is COCC/C(=N/NC(=O)CCC(=O)c1ccc(OC2COC2)c(OC)c1)c1csc2c(F)cccc12.COCC/C(=N\NC(=O)CCC(=O)c1ccc(OC2COC2)c(OC)c1)c1csc2c(F)cccc12. The molecule has 0 unspecified atom stereocenters. The van der Waals surface area contributed by atoms with E-state index in [2.05, 4.69) is 21.1 Å². The molecule has 2 aliphatic heterocycles. The van der Waals surface area contributed by atoms with Crippen molar-refractivity contribution in [3.8, 4) is 23.0 Å². The van der Waals surface area contributed by atoms with E-state index in [-0.39, 0.29) is 61.1 Å². The van der Waals surface area contributed by atoms with Crippen LogP contribution in [0.5, 0.6) is 23.0 Å². The first-order valence-electron chi connectivity index (χ1n) is 22.9. The number of benzene rings is 4. The van der Waals surface area contributed by atoms with Crippen molar-refractivity contribution in [2.45, 2.75) is 50.7 Å². The Kier molecular flexibility index (Phi) is 19.3. The van der Waals surface area contributed by atoms with Gasteiger partial charge in [-0.25, -0.2) is 19.6 Å². The van der Waals surface area contributed by atoms with Crippen LogP contribution in [0.3, 0.4) is 0 Å². The average molecular weight is 1030 g/mol. The summed E-state index contributed by atoms with van der Waals surface area (Å²) in [4.78, 5) is 50.3. The van der Waals surface area contributed by atoms with Crippen LogP contribution < -0.4 is 29.8 Å². The molecular formula is C52H54F2N4O12S2. The van der Waals surface area contributed by atoms with E-state index >= 15 is 0 Å². The summed E-state index contributed by atoms with van der Waals surface area (Å²) in [5.41, 5.74) is 8.54. The summed E-state index contributed by atoms with van der Waals surface area (Å²) < 4.78 is 72.1. The van der Waals surface area contributed by atoms with E-state index in [1.165, 1.54) is 49.0 Å². The first kappa shape index (κ1) is 53.1. The van der Waals surface area contributed by atoms with Crippen LogP contribution in [0.15, 0.2) is 93.8 Å². The number of rotatable bonds is 24. The van der Waals surface area contributed by atoms with Crippen LogP contribution in [-0.2, 0) is 28.5 Å². The zero-order valence-corrected chi connectivity index (χ0v) is 41.7.